The largest absolute Gasteiger partial charge is 0.485 e. The second-order valence-electron chi connectivity index (χ2n) is 18.1. The van der Waals surface area contributed by atoms with Crippen molar-refractivity contribution in [2.24, 2.45) is 0 Å². The smallest absolute Gasteiger partial charge is 0.131 e. The van der Waals surface area contributed by atoms with Gasteiger partial charge in [-0.25, -0.2) is 0 Å². The zero-order chi connectivity index (χ0) is 41.2. The number of hydrogen-bond acceptors (Lipinski definition) is 3. The van der Waals surface area contributed by atoms with E-state index in [0.29, 0.717) is 17.1 Å². The highest BCUT2D eigenvalue weighted by Crippen LogP contribution is 2.54. The van der Waals surface area contributed by atoms with Crippen molar-refractivity contribution in [2.45, 2.75) is 59.3 Å². The summed E-state index contributed by atoms with van der Waals surface area (Å²) in [5.41, 5.74) is 17.0. The van der Waals surface area contributed by atoms with Crippen LogP contribution in [0.3, 0.4) is 0 Å². The van der Waals surface area contributed by atoms with Crippen LogP contribution in [0.5, 0.6) is 5.75 Å². The number of rotatable bonds is 4. The number of nitrogens with zero attached hydrogens (tertiary/aromatic N) is 2. The monoisotopic (exact) mass is 828 g/mol. The molecule has 3 nitrogen and oxygen atoms in total. The minimum Gasteiger partial charge on any atom is -0.485 e. The first-order chi connectivity index (χ1) is 31.2. The molecule has 0 saturated heterocycles. The van der Waals surface area contributed by atoms with Crippen LogP contribution in [0.1, 0.15) is 64.1 Å². The maximum absolute atomic E-state index is 6.65. The van der Waals surface area contributed by atoms with Crippen molar-refractivity contribution in [3.63, 3.8) is 0 Å². The van der Waals surface area contributed by atoms with E-state index >= 15 is 0 Å². The molecule has 1 aromatic heterocycles. The third-order valence-corrected chi connectivity index (χ3v) is 16.1. The quantitative estimate of drug-likeness (QED) is 0.176. The van der Waals surface area contributed by atoms with Crippen LogP contribution in [0, 0.1) is 0 Å². The molecule has 4 heteroatoms. The fraction of sp³-hybridized carbons (Fsp3) is 0.153. The van der Waals surface area contributed by atoms with Crippen molar-refractivity contribution in [2.75, 3.05) is 4.90 Å². The summed E-state index contributed by atoms with van der Waals surface area (Å²) in [4.78, 5) is 3.99. The van der Waals surface area contributed by atoms with E-state index in [-0.39, 0.29) is 18.1 Å². The lowest BCUT2D eigenvalue weighted by atomic mass is 9.84. The zero-order valence-corrected chi connectivity index (χ0v) is 35.6. The average Bonchev–Trinajstić information content (AvgIpc) is 4.04. The number of allylic oxidation sites excluding steroid dienone is 9. The number of hydrogen-bond donors (Lipinski definition) is 0. The minimum atomic E-state index is 0.0828. The summed E-state index contributed by atoms with van der Waals surface area (Å²) in [5.74, 6) is 1.99. The van der Waals surface area contributed by atoms with Gasteiger partial charge in [0.1, 0.15) is 11.9 Å². The Bertz CT molecular complexity index is 3320. The van der Waals surface area contributed by atoms with E-state index in [0.717, 1.165) is 25.0 Å². The highest BCUT2D eigenvalue weighted by atomic mass is 32.2. The number of anilines is 2. The van der Waals surface area contributed by atoms with Crippen LogP contribution in [0.4, 0.5) is 11.4 Å². The maximum Gasteiger partial charge on any atom is 0.131 e. The standard InChI is InChI=1S/C59H44N2OS/c1-2-14-45-47-17-10-16-43(59(47)62-55(45)19-3-1)37-21-26-40(27-22-37)60-53-30-25-39(34-50(53)58-42-12-5-4-11-36(42)23-31-54(58)60)38-24-29-52-48(33-38)44-13-6-8-18-51(44)61(52)41-28-32-57-49(35-41)46-15-7-9-20-56(46)63-57/h1-7,9-13,15-17,19-35,45,49-50,53,55,57H,8,14,18H2. The fourth-order valence-electron chi connectivity index (χ4n) is 11.9. The summed E-state index contributed by atoms with van der Waals surface area (Å²) in [6.07, 6.45) is 31.4. The molecular weight excluding hydrogens is 785 g/mol. The Morgan fingerprint density at radius 2 is 1.56 bits per heavy atom. The molecule has 0 spiro atoms. The minimum absolute atomic E-state index is 0.0828. The number of thioether (sulfide) groups is 1. The predicted molar refractivity (Wildman–Crippen MR) is 263 cm³/mol. The molecule has 6 unspecified atom stereocenters. The van der Waals surface area contributed by atoms with Crippen molar-refractivity contribution in [1.29, 1.82) is 0 Å². The third kappa shape index (κ3) is 5.41. The van der Waals surface area contributed by atoms with Crippen molar-refractivity contribution < 1.29 is 4.74 Å². The second kappa shape index (κ2) is 13.9. The maximum atomic E-state index is 6.65. The van der Waals surface area contributed by atoms with Crippen LogP contribution in [-0.4, -0.2) is 22.0 Å². The van der Waals surface area contributed by atoms with Crippen LogP contribution in [0.25, 0.3) is 50.1 Å². The Labute approximate surface area is 372 Å². The summed E-state index contributed by atoms with van der Waals surface area (Å²) < 4.78 is 9.22. The Hall–Kier alpha value is -6.75. The molecule has 4 aliphatic carbocycles. The van der Waals surface area contributed by atoms with E-state index in [2.05, 4.69) is 204 Å². The lowest BCUT2D eigenvalue weighted by molar-refractivity contribution is 0.257. The van der Waals surface area contributed by atoms with Gasteiger partial charge in [0, 0.05) is 72.7 Å². The van der Waals surface area contributed by atoms with Gasteiger partial charge in [0.15, 0.2) is 0 Å². The SMILES string of the molecule is C1=CCC2c3cccc(-c4ccc(N5c6ccc7ccccc7c6C6C=C(c7ccc8c(c7)c7c(n8C8=CC9c%10ccccc%10SC9C=C8)CCC=C7)C=CC65)cc4)c3OC2C=C1. The molecule has 3 aliphatic heterocycles. The van der Waals surface area contributed by atoms with Gasteiger partial charge in [0.2, 0.25) is 0 Å². The number of ether oxygens (including phenoxy) is 1. The molecule has 0 N–H and O–H groups in total. The van der Waals surface area contributed by atoms with Gasteiger partial charge in [-0.3, -0.25) is 0 Å². The van der Waals surface area contributed by atoms with Crippen LogP contribution >= 0.6 is 11.8 Å². The summed E-state index contributed by atoms with van der Waals surface area (Å²) in [5, 5.41) is 4.42. The van der Waals surface area contributed by atoms with Crippen LogP contribution in [0.15, 0.2) is 193 Å². The average molecular weight is 829 g/mol. The molecule has 4 heterocycles. The van der Waals surface area contributed by atoms with Crippen molar-refractivity contribution >= 4 is 62.2 Å². The lowest BCUT2D eigenvalue weighted by Crippen LogP contribution is -2.28. The highest BCUT2D eigenvalue weighted by molar-refractivity contribution is 8.00. The Morgan fingerprint density at radius 3 is 2.52 bits per heavy atom. The molecule has 302 valence electrons. The van der Waals surface area contributed by atoms with Crippen molar-refractivity contribution in [3.05, 3.63) is 222 Å². The lowest BCUT2D eigenvalue weighted by Gasteiger charge is -2.30. The normalized spacial score (nSPS) is 24.2. The molecule has 6 atom stereocenters. The molecule has 14 rings (SSSR count). The Balaban J connectivity index is 0.835. The van der Waals surface area contributed by atoms with E-state index in [1.165, 1.54) is 93.9 Å². The van der Waals surface area contributed by atoms with Crippen molar-refractivity contribution in [3.8, 4) is 16.9 Å². The summed E-state index contributed by atoms with van der Waals surface area (Å²) in [7, 11) is 0. The van der Waals surface area contributed by atoms with Gasteiger partial charge in [0.25, 0.3) is 0 Å². The van der Waals surface area contributed by atoms with E-state index in [9.17, 15) is 0 Å². The zero-order valence-electron chi connectivity index (χ0n) is 34.8. The number of benzene rings is 6. The van der Waals surface area contributed by atoms with Gasteiger partial charge in [-0.1, -0.05) is 146 Å². The molecule has 0 fully saturated rings. The first-order valence-electron chi connectivity index (χ1n) is 22.7. The Morgan fingerprint density at radius 1 is 0.667 bits per heavy atom. The van der Waals surface area contributed by atoms with E-state index in [1.807, 2.05) is 11.8 Å². The van der Waals surface area contributed by atoms with Crippen LogP contribution < -0.4 is 9.64 Å². The fourth-order valence-corrected chi connectivity index (χ4v) is 13.2. The van der Waals surface area contributed by atoms with Gasteiger partial charge in [-0.05, 0) is 106 Å². The third-order valence-electron chi connectivity index (χ3n) is 14.8. The molecule has 7 aliphatic rings. The van der Waals surface area contributed by atoms with Gasteiger partial charge < -0.3 is 14.2 Å². The van der Waals surface area contributed by atoms with Crippen LogP contribution in [0.2, 0.25) is 0 Å². The summed E-state index contributed by atoms with van der Waals surface area (Å²) in [6.45, 7) is 0. The van der Waals surface area contributed by atoms with E-state index in [1.54, 1.807) is 0 Å². The number of fused-ring (bicyclic) bond motifs is 14. The molecule has 63 heavy (non-hydrogen) atoms. The van der Waals surface area contributed by atoms with Crippen molar-refractivity contribution in [1.82, 2.24) is 4.57 Å². The van der Waals surface area contributed by atoms with Gasteiger partial charge in [-0.2, -0.15) is 0 Å². The van der Waals surface area contributed by atoms with Gasteiger partial charge in [0.05, 0.1) is 11.6 Å². The first kappa shape index (κ1) is 35.8. The van der Waals surface area contributed by atoms with Gasteiger partial charge >= 0.3 is 0 Å². The molecule has 7 aromatic rings. The molecular formula is C59H44N2OS. The molecule has 0 radical (unpaired) electrons. The second-order valence-corrected chi connectivity index (χ2v) is 19.3. The molecule has 0 bridgehead atoms. The molecule has 6 aromatic carbocycles. The summed E-state index contributed by atoms with van der Waals surface area (Å²) >= 11 is 2.00. The van der Waals surface area contributed by atoms with Crippen LogP contribution in [-0.2, 0) is 6.42 Å². The topological polar surface area (TPSA) is 17.4 Å². The number of aromatic nitrogens is 1. The highest BCUT2D eigenvalue weighted by Gasteiger charge is 2.40. The molecule has 0 amide bonds. The summed E-state index contributed by atoms with van der Waals surface area (Å²) in [6, 6.07) is 45.8. The molecule has 0 saturated carbocycles. The predicted octanol–water partition coefficient (Wildman–Crippen LogP) is 14.7. The van der Waals surface area contributed by atoms with E-state index < -0.39 is 0 Å². The number of para-hydroxylation sites is 1. The van der Waals surface area contributed by atoms with E-state index in [4.69, 9.17) is 4.74 Å². The van der Waals surface area contributed by atoms with Gasteiger partial charge in [-0.15, -0.1) is 11.8 Å². The first-order valence-corrected chi connectivity index (χ1v) is 23.6. The Kier molecular flexibility index (Phi) is 7.89.